The smallest absolute Gasteiger partial charge is 0.408 e. The molecule has 1 amide bonds. The van der Waals surface area contributed by atoms with Crippen molar-refractivity contribution in [3.05, 3.63) is 35.9 Å². The van der Waals surface area contributed by atoms with Crippen molar-refractivity contribution in [1.29, 1.82) is 0 Å². The molecule has 4 atom stereocenters. The summed E-state index contributed by atoms with van der Waals surface area (Å²) in [4.78, 5) is 11.6. The van der Waals surface area contributed by atoms with Crippen molar-refractivity contribution >= 4 is 6.09 Å². The van der Waals surface area contributed by atoms with Crippen LogP contribution in [0.25, 0.3) is 0 Å². The Kier molecular flexibility index (Phi) is 1.70. The number of hydrogen-bond acceptors (Lipinski definition) is 2. The number of hydrogen-bond donors (Lipinski definition) is 1. The van der Waals surface area contributed by atoms with Gasteiger partial charge in [0.15, 0.2) is 0 Å². The van der Waals surface area contributed by atoms with Crippen molar-refractivity contribution in [2.45, 2.75) is 30.9 Å². The number of carbonyl (C=O) groups is 1. The molecular formula is C14H15NO2. The van der Waals surface area contributed by atoms with Gasteiger partial charge in [-0.25, -0.2) is 4.79 Å². The largest absolute Gasteiger partial charge is 0.437 e. The number of carbonyl (C=O) groups excluding carboxylic acids is 1. The Morgan fingerprint density at radius 1 is 1.18 bits per heavy atom. The van der Waals surface area contributed by atoms with Crippen molar-refractivity contribution in [2.75, 3.05) is 0 Å². The highest BCUT2D eigenvalue weighted by molar-refractivity contribution is 5.72. The van der Waals surface area contributed by atoms with Gasteiger partial charge in [-0.3, -0.25) is 0 Å². The molecule has 2 saturated carbocycles. The fraction of sp³-hybridized carbons (Fsp3) is 0.500. The van der Waals surface area contributed by atoms with Crippen LogP contribution in [-0.4, -0.2) is 12.1 Å². The van der Waals surface area contributed by atoms with Gasteiger partial charge in [0.05, 0.1) is 0 Å². The Labute approximate surface area is 100 Å². The van der Waals surface area contributed by atoms with E-state index >= 15 is 0 Å². The lowest BCUT2D eigenvalue weighted by atomic mass is 9.48. The van der Waals surface area contributed by atoms with E-state index in [1.54, 1.807) is 0 Å². The number of amides is 1. The quantitative estimate of drug-likeness (QED) is 0.803. The van der Waals surface area contributed by atoms with Crippen molar-refractivity contribution in [2.24, 2.45) is 11.8 Å². The Hall–Kier alpha value is -1.51. The van der Waals surface area contributed by atoms with Crippen LogP contribution < -0.4 is 5.32 Å². The maximum absolute atomic E-state index is 11.6. The molecule has 2 unspecified atom stereocenters. The number of rotatable bonds is 1. The van der Waals surface area contributed by atoms with Crippen LogP contribution in [0.5, 0.6) is 0 Å². The molecule has 5 rings (SSSR count). The highest BCUT2D eigenvalue weighted by Crippen LogP contribution is 2.63. The van der Waals surface area contributed by atoms with Crippen molar-refractivity contribution in [3.63, 3.8) is 0 Å². The van der Waals surface area contributed by atoms with Crippen LogP contribution in [0.15, 0.2) is 30.3 Å². The van der Waals surface area contributed by atoms with E-state index in [1.807, 2.05) is 18.2 Å². The molecule has 1 aromatic carbocycles. The first-order valence-corrected chi connectivity index (χ1v) is 6.37. The standard InChI is InChI=1S/C14H15NO2/c16-13-15-12-10-7-4-8-11(12)14(10,17-13)9-5-2-1-3-6-9/h1-3,5-6,10-12H,4,7-8H2,(H,15,16)/t10-,11+,12?,14?. The zero-order chi connectivity index (χ0) is 11.5. The lowest BCUT2D eigenvalue weighted by molar-refractivity contribution is -0.233. The van der Waals surface area contributed by atoms with Gasteiger partial charge in [0.1, 0.15) is 5.60 Å². The molecule has 3 heteroatoms. The minimum Gasteiger partial charge on any atom is -0.437 e. The first kappa shape index (κ1) is 9.51. The van der Waals surface area contributed by atoms with Crippen LogP contribution in [0.3, 0.4) is 0 Å². The van der Waals surface area contributed by atoms with Crippen LogP contribution in [0.1, 0.15) is 24.8 Å². The third-order valence-electron chi connectivity index (χ3n) is 4.77. The van der Waals surface area contributed by atoms with Gasteiger partial charge in [-0.05, 0) is 18.4 Å². The second-order valence-electron chi connectivity index (χ2n) is 5.36. The molecule has 2 heterocycles. The summed E-state index contributed by atoms with van der Waals surface area (Å²) >= 11 is 0. The van der Waals surface area contributed by atoms with E-state index in [0.717, 1.165) is 12.8 Å². The summed E-state index contributed by atoms with van der Waals surface area (Å²) in [7, 11) is 0. The summed E-state index contributed by atoms with van der Waals surface area (Å²) in [5, 5.41) is 2.98. The van der Waals surface area contributed by atoms with Gasteiger partial charge < -0.3 is 10.1 Å². The van der Waals surface area contributed by atoms with Crippen molar-refractivity contribution in [1.82, 2.24) is 5.32 Å². The van der Waals surface area contributed by atoms with E-state index in [-0.39, 0.29) is 11.7 Å². The zero-order valence-electron chi connectivity index (χ0n) is 9.56. The van der Waals surface area contributed by atoms with E-state index in [2.05, 4.69) is 17.4 Å². The molecule has 4 bridgehead atoms. The highest BCUT2D eigenvalue weighted by atomic mass is 16.6. The van der Waals surface area contributed by atoms with E-state index in [4.69, 9.17) is 4.74 Å². The first-order chi connectivity index (χ1) is 8.32. The molecule has 2 aliphatic heterocycles. The van der Waals surface area contributed by atoms with Crippen LogP contribution in [0.2, 0.25) is 0 Å². The molecule has 4 aliphatic rings. The number of ether oxygens (including phenoxy) is 1. The van der Waals surface area contributed by atoms with E-state index in [1.165, 1.54) is 12.0 Å². The van der Waals surface area contributed by atoms with Gasteiger partial charge >= 0.3 is 6.09 Å². The molecule has 0 spiro atoms. The molecule has 2 saturated heterocycles. The van der Waals surface area contributed by atoms with Crippen molar-refractivity contribution in [3.8, 4) is 0 Å². The minimum atomic E-state index is -0.313. The zero-order valence-corrected chi connectivity index (χ0v) is 9.56. The maximum Gasteiger partial charge on any atom is 0.408 e. The van der Waals surface area contributed by atoms with E-state index in [9.17, 15) is 4.79 Å². The first-order valence-electron chi connectivity index (χ1n) is 6.37. The predicted molar refractivity (Wildman–Crippen MR) is 62.4 cm³/mol. The Morgan fingerprint density at radius 2 is 1.88 bits per heavy atom. The summed E-state index contributed by atoms with van der Waals surface area (Å²) in [6.45, 7) is 0. The topological polar surface area (TPSA) is 38.3 Å². The molecule has 0 radical (unpaired) electrons. The third kappa shape index (κ3) is 1.00. The maximum atomic E-state index is 11.6. The monoisotopic (exact) mass is 229 g/mol. The van der Waals surface area contributed by atoms with Gasteiger partial charge in [0.25, 0.3) is 0 Å². The second-order valence-corrected chi connectivity index (χ2v) is 5.36. The highest BCUT2D eigenvalue weighted by Gasteiger charge is 2.70. The fourth-order valence-corrected chi connectivity index (χ4v) is 4.17. The number of alkyl carbamates (subject to hydrolysis) is 1. The molecule has 17 heavy (non-hydrogen) atoms. The van der Waals surface area contributed by atoms with Crippen molar-refractivity contribution < 1.29 is 9.53 Å². The normalized spacial score (nSPS) is 42.1. The Bertz CT molecular complexity index is 458. The number of fused-ring (bicyclic) bond motifs is 2. The number of nitrogens with one attached hydrogen (secondary N) is 1. The predicted octanol–water partition coefficient (Wildman–Crippen LogP) is 2.42. The molecule has 1 N–H and O–H groups in total. The second kappa shape index (κ2) is 3.03. The summed E-state index contributed by atoms with van der Waals surface area (Å²) < 4.78 is 5.74. The molecule has 3 nitrogen and oxygen atoms in total. The summed E-state index contributed by atoms with van der Waals surface area (Å²) in [6.07, 6.45) is 3.35. The molecule has 2 aliphatic carbocycles. The van der Waals surface area contributed by atoms with E-state index < -0.39 is 0 Å². The molecule has 0 aromatic heterocycles. The van der Waals surface area contributed by atoms with E-state index in [0.29, 0.717) is 17.9 Å². The average molecular weight is 229 g/mol. The van der Waals surface area contributed by atoms with Gasteiger partial charge in [-0.1, -0.05) is 36.8 Å². The van der Waals surface area contributed by atoms with Crippen LogP contribution in [0, 0.1) is 11.8 Å². The summed E-state index contributed by atoms with van der Waals surface area (Å²) in [5.41, 5.74) is 0.868. The molecule has 1 aromatic rings. The van der Waals surface area contributed by atoms with Gasteiger partial charge in [-0.2, -0.15) is 0 Å². The molecular weight excluding hydrogens is 214 g/mol. The SMILES string of the molecule is O=C1NC2[C@H]3CCC[C@@H]2C3(c2ccccc2)O1. The van der Waals surface area contributed by atoms with Gasteiger partial charge in [0, 0.05) is 17.9 Å². The minimum absolute atomic E-state index is 0.242. The summed E-state index contributed by atoms with van der Waals surface area (Å²) in [6, 6.07) is 10.6. The van der Waals surface area contributed by atoms with Gasteiger partial charge in [-0.15, -0.1) is 0 Å². The third-order valence-corrected chi connectivity index (χ3v) is 4.77. The average Bonchev–Trinajstić information content (AvgIpc) is 2.40. The van der Waals surface area contributed by atoms with Crippen LogP contribution >= 0.6 is 0 Å². The van der Waals surface area contributed by atoms with Crippen LogP contribution in [-0.2, 0) is 10.3 Å². The molecule has 88 valence electrons. The lowest BCUT2D eigenvalue weighted by Crippen LogP contribution is -2.76. The Balaban J connectivity index is 1.83. The fourth-order valence-electron chi connectivity index (χ4n) is 4.17. The molecule has 4 fully saturated rings. The number of benzene rings is 1. The van der Waals surface area contributed by atoms with Gasteiger partial charge in [0.2, 0.25) is 0 Å². The Morgan fingerprint density at radius 3 is 2.59 bits per heavy atom. The van der Waals surface area contributed by atoms with Crippen LogP contribution in [0.4, 0.5) is 4.79 Å². The summed E-state index contributed by atoms with van der Waals surface area (Å²) in [5.74, 6) is 0.947. The lowest BCUT2D eigenvalue weighted by Gasteiger charge is -2.66.